The van der Waals surface area contributed by atoms with Crippen molar-refractivity contribution in [3.63, 3.8) is 0 Å². The summed E-state index contributed by atoms with van der Waals surface area (Å²) in [6, 6.07) is 0.556. The zero-order chi connectivity index (χ0) is 14.7. The number of hydrogen-bond donors (Lipinski definition) is 1. The maximum Gasteiger partial charge on any atom is 0.283 e. The molecule has 1 aliphatic rings. The van der Waals surface area contributed by atoms with E-state index in [1.165, 1.54) is 0 Å². The van der Waals surface area contributed by atoms with Gasteiger partial charge in [-0.25, -0.2) is 8.78 Å². The number of aliphatic hydroxyl groups excluding tert-OH is 1. The molecule has 1 heterocycles. The largest absolute Gasteiger partial charge is 0.390 e. The van der Waals surface area contributed by atoms with Gasteiger partial charge < -0.3 is 10.0 Å². The van der Waals surface area contributed by atoms with Gasteiger partial charge in [0, 0.05) is 12.6 Å². The van der Waals surface area contributed by atoms with Gasteiger partial charge in [0.05, 0.1) is 6.54 Å². The van der Waals surface area contributed by atoms with Crippen LogP contribution in [0, 0.1) is 5.41 Å². The highest BCUT2D eigenvalue weighted by Gasteiger charge is 2.35. The molecule has 0 saturated carbocycles. The number of halogens is 2. The SMILES string of the molecule is CC(C)N1CCC(C)(CN(C)CC(F)(F)CO)CC1. The Hall–Kier alpha value is -0.260. The van der Waals surface area contributed by atoms with Crippen LogP contribution in [0.15, 0.2) is 0 Å². The van der Waals surface area contributed by atoms with Gasteiger partial charge in [-0.1, -0.05) is 6.92 Å². The van der Waals surface area contributed by atoms with Crippen LogP contribution in [0.1, 0.15) is 33.6 Å². The number of nitrogens with zero attached hydrogens (tertiary/aromatic N) is 2. The summed E-state index contributed by atoms with van der Waals surface area (Å²) < 4.78 is 26.3. The summed E-state index contributed by atoms with van der Waals surface area (Å²) in [5, 5.41) is 8.63. The molecule has 0 aromatic carbocycles. The second kappa shape index (κ2) is 6.46. The van der Waals surface area contributed by atoms with Gasteiger partial charge in [0.2, 0.25) is 0 Å². The fourth-order valence-electron chi connectivity index (χ4n) is 2.89. The Balaban J connectivity index is 2.44. The van der Waals surface area contributed by atoms with Crippen LogP contribution in [-0.4, -0.2) is 66.7 Å². The highest BCUT2D eigenvalue weighted by atomic mass is 19.3. The third-order valence-electron chi connectivity index (χ3n) is 4.12. The van der Waals surface area contributed by atoms with Gasteiger partial charge in [-0.15, -0.1) is 0 Å². The molecule has 5 heteroatoms. The first-order valence-corrected chi connectivity index (χ1v) is 7.09. The summed E-state index contributed by atoms with van der Waals surface area (Å²) >= 11 is 0. The van der Waals surface area contributed by atoms with Crippen LogP contribution in [0.2, 0.25) is 0 Å². The molecule has 1 N–H and O–H groups in total. The molecule has 0 aromatic heterocycles. The minimum absolute atomic E-state index is 0.103. The molecular formula is C14H28F2N2O. The zero-order valence-corrected chi connectivity index (χ0v) is 12.6. The molecule has 19 heavy (non-hydrogen) atoms. The molecule has 3 nitrogen and oxygen atoms in total. The Morgan fingerprint density at radius 1 is 1.32 bits per heavy atom. The van der Waals surface area contributed by atoms with E-state index in [1.807, 2.05) is 0 Å². The fourth-order valence-corrected chi connectivity index (χ4v) is 2.89. The molecule has 0 spiro atoms. The van der Waals surface area contributed by atoms with E-state index < -0.39 is 12.5 Å². The Labute approximate surface area is 115 Å². The van der Waals surface area contributed by atoms with Crippen LogP contribution in [0.5, 0.6) is 0 Å². The summed E-state index contributed by atoms with van der Waals surface area (Å²) in [4.78, 5) is 4.09. The fraction of sp³-hybridized carbons (Fsp3) is 1.00. The van der Waals surface area contributed by atoms with Crippen LogP contribution in [0.3, 0.4) is 0 Å². The standard InChI is InChI=1S/C14H28F2N2O/c1-12(2)18-7-5-13(3,6-8-18)9-17(4)10-14(15,16)11-19/h12,19H,5-11H2,1-4H3. The van der Waals surface area contributed by atoms with Crippen molar-refractivity contribution in [1.29, 1.82) is 0 Å². The highest BCUT2D eigenvalue weighted by Crippen LogP contribution is 2.32. The lowest BCUT2D eigenvalue weighted by atomic mass is 9.79. The van der Waals surface area contributed by atoms with E-state index in [1.54, 1.807) is 11.9 Å². The van der Waals surface area contributed by atoms with Crippen LogP contribution < -0.4 is 0 Å². The molecule has 0 amide bonds. The molecule has 1 fully saturated rings. The second-order valence-electron chi connectivity index (χ2n) is 6.63. The van der Waals surface area contributed by atoms with E-state index in [4.69, 9.17) is 5.11 Å². The predicted molar refractivity (Wildman–Crippen MR) is 73.6 cm³/mol. The molecule has 1 rings (SSSR count). The van der Waals surface area contributed by atoms with Gasteiger partial charge in [0.15, 0.2) is 0 Å². The minimum atomic E-state index is -3.00. The van der Waals surface area contributed by atoms with Crippen LogP contribution >= 0.6 is 0 Å². The van der Waals surface area contributed by atoms with Gasteiger partial charge >= 0.3 is 0 Å². The lowest BCUT2D eigenvalue weighted by Crippen LogP contribution is -2.48. The monoisotopic (exact) mass is 278 g/mol. The summed E-state index contributed by atoms with van der Waals surface area (Å²) in [7, 11) is 1.71. The summed E-state index contributed by atoms with van der Waals surface area (Å²) in [6.45, 7) is 7.86. The highest BCUT2D eigenvalue weighted by molar-refractivity contribution is 4.86. The van der Waals surface area contributed by atoms with Crippen molar-refractivity contribution in [2.45, 2.75) is 45.6 Å². The predicted octanol–water partition coefficient (Wildman–Crippen LogP) is 2.06. The number of alkyl halides is 2. The first kappa shape index (κ1) is 16.8. The van der Waals surface area contributed by atoms with Crippen molar-refractivity contribution in [3.8, 4) is 0 Å². The van der Waals surface area contributed by atoms with Crippen molar-refractivity contribution in [2.24, 2.45) is 5.41 Å². The summed E-state index contributed by atoms with van der Waals surface area (Å²) in [5.74, 6) is -3.00. The number of aliphatic hydroxyl groups is 1. The van der Waals surface area contributed by atoms with Crippen molar-refractivity contribution < 1.29 is 13.9 Å². The Morgan fingerprint density at radius 2 is 1.84 bits per heavy atom. The van der Waals surface area contributed by atoms with E-state index >= 15 is 0 Å². The van der Waals surface area contributed by atoms with Crippen LogP contribution in [-0.2, 0) is 0 Å². The lowest BCUT2D eigenvalue weighted by Gasteiger charge is -2.43. The molecular weight excluding hydrogens is 250 g/mol. The van der Waals surface area contributed by atoms with Gasteiger partial charge in [0.1, 0.15) is 6.61 Å². The second-order valence-corrected chi connectivity index (χ2v) is 6.63. The Kier molecular flexibility index (Phi) is 5.71. The Bertz CT molecular complexity index is 277. The van der Waals surface area contributed by atoms with Gasteiger partial charge in [-0.3, -0.25) is 4.90 Å². The average molecular weight is 278 g/mol. The van der Waals surface area contributed by atoms with E-state index in [0.717, 1.165) is 25.9 Å². The van der Waals surface area contributed by atoms with Gasteiger partial charge in [-0.2, -0.15) is 0 Å². The first-order chi connectivity index (χ1) is 8.67. The quantitative estimate of drug-likeness (QED) is 0.805. The number of piperidine rings is 1. The number of likely N-dealkylation sites (tertiary alicyclic amines) is 1. The smallest absolute Gasteiger partial charge is 0.283 e. The summed E-state index contributed by atoms with van der Waals surface area (Å²) in [5.41, 5.74) is 0.103. The molecule has 114 valence electrons. The number of hydrogen-bond acceptors (Lipinski definition) is 3. The Morgan fingerprint density at radius 3 is 2.26 bits per heavy atom. The van der Waals surface area contributed by atoms with Gasteiger partial charge in [0.25, 0.3) is 5.92 Å². The molecule has 0 radical (unpaired) electrons. The molecule has 0 unspecified atom stereocenters. The molecule has 0 bridgehead atoms. The third-order valence-corrected chi connectivity index (χ3v) is 4.12. The summed E-state index contributed by atoms with van der Waals surface area (Å²) in [6.07, 6.45) is 2.08. The molecule has 0 aliphatic carbocycles. The van der Waals surface area contributed by atoms with Crippen LogP contribution in [0.4, 0.5) is 8.78 Å². The van der Waals surface area contributed by atoms with Crippen molar-refractivity contribution in [1.82, 2.24) is 9.80 Å². The normalized spacial score (nSPS) is 21.3. The molecule has 0 atom stereocenters. The first-order valence-electron chi connectivity index (χ1n) is 7.09. The minimum Gasteiger partial charge on any atom is -0.390 e. The zero-order valence-electron chi connectivity index (χ0n) is 12.6. The van der Waals surface area contributed by atoms with E-state index in [9.17, 15) is 8.78 Å². The van der Waals surface area contributed by atoms with Crippen molar-refractivity contribution in [2.75, 3.05) is 39.8 Å². The van der Waals surface area contributed by atoms with Crippen molar-refractivity contribution >= 4 is 0 Å². The number of rotatable bonds is 6. The third kappa shape index (κ3) is 5.32. The molecule has 1 aliphatic heterocycles. The van der Waals surface area contributed by atoms with Crippen LogP contribution in [0.25, 0.3) is 0 Å². The lowest BCUT2D eigenvalue weighted by molar-refractivity contribution is -0.0753. The van der Waals surface area contributed by atoms with E-state index in [0.29, 0.717) is 12.6 Å². The van der Waals surface area contributed by atoms with Gasteiger partial charge in [-0.05, 0) is 52.2 Å². The topological polar surface area (TPSA) is 26.7 Å². The molecule has 1 saturated heterocycles. The van der Waals surface area contributed by atoms with Crippen molar-refractivity contribution in [3.05, 3.63) is 0 Å². The molecule has 0 aromatic rings. The van der Waals surface area contributed by atoms with E-state index in [2.05, 4.69) is 25.7 Å². The average Bonchev–Trinajstić information content (AvgIpc) is 2.28. The maximum atomic E-state index is 13.2. The maximum absolute atomic E-state index is 13.2. The van der Waals surface area contributed by atoms with E-state index in [-0.39, 0.29) is 12.0 Å².